The van der Waals surface area contributed by atoms with Crippen LogP contribution in [0.4, 0.5) is 15.8 Å². The molecule has 0 spiro atoms. The van der Waals surface area contributed by atoms with Gasteiger partial charge in [0.15, 0.2) is 17.3 Å². The normalized spacial score (nSPS) is 18.2. The molecular formula is C20H22Cl2FN3O2. The van der Waals surface area contributed by atoms with E-state index in [9.17, 15) is 4.39 Å². The standard InChI is InChI=1S/C20H21ClFN3O2.ClH/c1-26-18-9-17-13(8-19(18)27-14-4-3-7-23-11-14)10-24-12-25(17)16-6-2-5-15(21)20(16)22;/h2,5-6,8-10,14,23H,3-4,7,11-12H2,1H3;1H/t14-;/m1./s1. The van der Waals surface area contributed by atoms with E-state index in [1.54, 1.807) is 30.4 Å². The Hall–Kier alpha value is -2.02. The Labute approximate surface area is 174 Å². The van der Waals surface area contributed by atoms with Gasteiger partial charge in [-0.3, -0.25) is 4.99 Å². The van der Waals surface area contributed by atoms with E-state index in [0.717, 1.165) is 37.2 Å². The van der Waals surface area contributed by atoms with Gasteiger partial charge in [-0.1, -0.05) is 17.7 Å². The van der Waals surface area contributed by atoms with Crippen molar-refractivity contribution in [2.75, 3.05) is 31.8 Å². The van der Waals surface area contributed by atoms with Crippen LogP contribution in [-0.4, -0.2) is 39.2 Å². The number of halogens is 3. The molecule has 0 saturated carbocycles. The monoisotopic (exact) mass is 425 g/mol. The Morgan fingerprint density at radius 2 is 2.11 bits per heavy atom. The van der Waals surface area contributed by atoms with Crippen LogP contribution in [0.1, 0.15) is 18.4 Å². The third-order valence-electron chi connectivity index (χ3n) is 4.82. The summed E-state index contributed by atoms with van der Waals surface area (Å²) in [6.07, 6.45) is 3.97. The van der Waals surface area contributed by atoms with Crippen molar-refractivity contribution < 1.29 is 13.9 Å². The van der Waals surface area contributed by atoms with Crippen LogP contribution >= 0.6 is 24.0 Å². The lowest BCUT2D eigenvalue weighted by Crippen LogP contribution is -2.37. The van der Waals surface area contributed by atoms with Crippen molar-refractivity contribution in [1.82, 2.24) is 5.32 Å². The fourth-order valence-corrected chi connectivity index (χ4v) is 3.63. The zero-order valence-corrected chi connectivity index (χ0v) is 17.0. The number of rotatable bonds is 4. The smallest absolute Gasteiger partial charge is 0.165 e. The number of anilines is 2. The first-order valence-electron chi connectivity index (χ1n) is 8.98. The van der Waals surface area contributed by atoms with Gasteiger partial charge >= 0.3 is 0 Å². The Morgan fingerprint density at radius 1 is 1.25 bits per heavy atom. The third kappa shape index (κ3) is 4.04. The molecule has 0 radical (unpaired) electrons. The van der Waals surface area contributed by atoms with Crippen LogP contribution in [0.2, 0.25) is 5.02 Å². The molecule has 0 aliphatic carbocycles. The number of piperidine rings is 1. The summed E-state index contributed by atoms with van der Waals surface area (Å²) < 4.78 is 26.3. The maximum absolute atomic E-state index is 14.6. The molecule has 4 rings (SSSR count). The van der Waals surface area contributed by atoms with E-state index in [4.69, 9.17) is 21.1 Å². The van der Waals surface area contributed by atoms with Gasteiger partial charge in [0, 0.05) is 24.4 Å². The molecule has 2 aliphatic rings. The van der Waals surface area contributed by atoms with E-state index in [-0.39, 0.29) is 23.5 Å². The summed E-state index contributed by atoms with van der Waals surface area (Å²) in [5, 5.41) is 3.42. The lowest BCUT2D eigenvalue weighted by atomic mass is 10.1. The van der Waals surface area contributed by atoms with Crippen molar-refractivity contribution in [2.45, 2.75) is 18.9 Å². The number of aliphatic imine (C=N–C) groups is 1. The largest absolute Gasteiger partial charge is 0.493 e. The van der Waals surface area contributed by atoms with E-state index in [1.807, 2.05) is 12.1 Å². The van der Waals surface area contributed by atoms with Crippen LogP contribution in [-0.2, 0) is 0 Å². The first-order chi connectivity index (χ1) is 13.2. The van der Waals surface area contributed by atoms with Crippen LogP contribution in [0.25, 0.3) is 0 Å². The van der Waals surface area contributed by atoms with Gasteiger partial charge in [-0.2, -0.15) is 0 Å². The van der Waals surface area contributed by atoms with Crippen LogP contribution in [0, 0.1) is 5.82 Å². The number of hydrogen-bond acceptors (Lipinski definition) is 5. The molecule has 1 atom stereocenters. The van der Waals surface area contributed by atoms with Gasteiger partial charge in [-0.05, 0) is 37.6 Å². The van der Waals surface area contributed by atoms with Crippen molar-refractivity contribution in [3.05, 3.63) is 46.7 Å². The molecular weight excluding hydrogens is 404 g/mol. The molecule has 0 unspecified atom stereocenters. The second-order valence-electron chi connectivity index (χ2n) is 6.60. The first-order valence-corrected chi connectivity index (χ1v) is 9.36. The van der Waals surface area contributed by atoms with Crippen LogP contribution < -0.4 is 19.7 Å². The van der Waals surface area contributed by atoms with Crippen molar-refractivity contribution in [2.24, 2.45) is 4.99 Å². The van der Waals surface area contributed by atoms with Gasteiger partial charge in [-0.25, -0.2) is 4.39 Å². The SMILES string of the molecule is COc1cc2c(cc1O[C@@H]1CCCNC1)C=NCN2c1cccc(Cl)c1F.Cl. The second-order valence-corrected chi connectivity index (χ2v) is 7.01. The summed E-state index contributed by atoms with van der Waals surface area (Å²) in [4.78, 5) is 6.16. The number of nitrogens with zero attached hydrogens (tertiary/aromatic N) is 2. The van der Waals surface area contributed by atoms with E-state index in [1.165, 1.54) is 6.07 Å². The van der Waals surface area contributed by atoms with Crippen LogP contribution in [0.15, 0.2) is 35.3 Å². The fraction of sp³-hybridized carbons (Fsp3) is 0.350. The highest BCUT2D eigenvalue weighted by atomic mass is 35.5. The molecule has 8 heteroatoms. The second kappa shape index (κ2) is 8.99. The number of benzene rings is 2. The van der Waals surface area contributed by atoms with Crippen LogP contribution in [0.5, 0.6) is 11.5 Å². The van der Waals surface area contributed by atoms with Gasteiger partial charge < -0.3 is 19.7 Å². The van der Waals surface area contributed by atoms with Crippen molar-refractivity contribution in [3.8, 4) is 11.5 Å². The lowest BCUT2D eigenvalue weighted by molar-refractivity contribution is 0.161. The summed E-state index contributed by atoms with van der Waals surface area (Å²) in [7, 11) is 1.61. The minimum absolute atomic E-state index is 0. The minimum atomic E-state index is -0.463. The van der Waals surface area contributed by atoms with E-state index in [2.05, 4.69) is 10.3 Å². The summed E-state index contributed by atoms with van der Waals surface area (Å²) >= 11 is 5.96. The highest BCUT2D eigenvalue weighted by Gasteiger charge is 2.24. The molecule has 0 bridgehead atoms. The van der Waals surface area contributed by atoms with E-state index in [0.29, 0.717) is 23.9 Å². The lowest BCUT2D eigenvalue weighted by Gasteiger charge is -2.30. The topological polar surface area (TPSA) is 46.1 Å². The van der Waals surface area contributed by atoms with Crippen molar-refractivity contribution in [3.63, 3.8) is 0 Å². The van der Waals surface area contributed by atoms with Crippen molar-refractivity contribution >= 4 is 41.6 Å². The minimum Gasteiger partial charge on any atom is -0.493 e. The van der Waals surface area contributed by atoms with Gasteiger partial charge in [0.05, 0.1) is 23.5 Å². The number of ether oxygens (including phenoxy) is 2. The van der Waals surface area contributed by atoms with Gasteiger partial charge in [-0.15, -0.1) is 12.4 Å². The Bertz CT molecular complexity index is 873. The molecule has 2 heterocycles. The maximum Gasteiger partial charge on any atom is 0.165 e. The number of nitrogens with one attached hydrogen (secondary N) is 1. The molecule has 1 N–H and O–H groups in total. The summed E-state index contributed by atoms with van der Waals surface area (Å²) in [5.41, 5.74) is 2.03. The van der Waals surface area contributed by atoms with E-state index >= 15 is 0 Å². The summed E-state index contributed by atoms with van der Waals surface area (Å²) in [6, 6.07) is 8.72. The molecule has 2 aromatic carbocycles. The quantitative estimate of drug-likeness (QED) is 0.778. The molecule has 5 nitrogen and oxygen atoms in total. The average Bonchev–Trinajstić information content (AvgIpc) is 2.70. The zero-order chi connectivity index (χ0) is 18.8. The molecule has 0 aromatic heterocycles. The Kier molecular flexibility index (Phi) is 6.65. The average molecular weight is 426 g/mol. The summed E-state index contributed by atoms with van der Waals surface area (Å²) in [5.74, 6) is 0.821. The number of fused-ring (bicyclic) bond motifs is 1. The maximum atomic E-state index is 14.6. The summed E-state index contributed by atoms with van der Waals surface area (Å²) in [6.45, 7) is 2.14. The zero-order valence-electron chi connectivity index (χ0n) is 15.5. The molecule has 150 valence electrons. The predicted octanol–water partition coefficient (Wildman–Crippen LogP) is 4.57. The van der Waals surface area contributed by atoms with Crippen molar-refractivity contribution in [1.29, 1.82) is 0 Å². The first kappa shape index (κ1) is 20.7. The highest BCUT2D eigenvalue weighted by Crippen LogP contribution is 2.40. The van der Waals surface area contributed by atoms with Gasteiger partial charge in [0.1, 0.15) is 12.8 Å². The highest BCUT2D eigenvalue weighted by molar-refractivity contribution is 6.31. The van der Waals surface area contributed by atoms with Gasteiger partial charge in [0.2, 0.25) is 0 Å². The predicted molar refractivity (Wildman–Crippen MR) is 113 cm³/mol. The Morgan fingerprint density at radius 3 is 2.86 bits per heavy atom. The molecule has 2 aromatic rings. The Balaban J connectivity index is 0.00000225. The molecule has 0 amide bonds. The molecule has 1 saturated heterocycles. The third-order valence-corrected chi connectivity index (χ3v) is 5.12. The number of hydrogen-bond donors (Lipinski definition) is 1. The molecule has 28 heavy (non-hydrogen) atoms. The van der Waals surface area contributed by atoms with Crippen LogP contribution in [0.3, 0.4) is 0 Å². The van der Waals surface area contributed by atoms with Gasteiger partial charge in [0.25, 0.3) is 0 Å². The van der Waals surface area contributed by atoms with E-state index < -0.39 is 5.82 Å². The number of methoxy groups -OCH3 is 1. The molecule has 1 fully saturated rings. The fourth-order valence-electron chi connectivity index (χ4n) is 3.46. The molecule has 2 aliphatic heterocycles.